The van der Waals surface area contributed by atoms with Crippen molar-refractivity contribution in [1.82, 2.24) is 10.3 Å². The zero-order valence-corrected chi connectivity index (χ0v) is 11.3. The smallest absolute Gasteiger partial charge is 0.0588 e. The van der Waals surface area contributed by atoms with Crippen LogP contribution in [-0.4, -0.2) is 12.0 Å². The van der Waals surface area contributed by atoms with E-state index in [-0.39, 0.29) is 6.04 Å². The largest absolute Gasteiger partial charge is 0.309 e. The van der Waals surface area contributed by atoms with E-state index in [0.29, 0.717) is 0 Å². The van der Waals surface area contributed by atoms with E-state index in [1.54, 1.807) is 11.3 Å². The van der Waals surface area contributed by atoms with Crippen molar-refractivity contribution in [2.24, 2.45) is 0 Å². The van der Waals surface area contributed by atoms with E-state index in [2.05, 4.69) is 41.7 Å². The van der Waals surface area contributed by atoms with Gasteiger partial charge in [-0.1, -0.05) is 6.92 Å². The number of thiophene rings is 1. The second-order valence-corrected chi connectivity index (χ2v) is 5.20. The van der Waals surface area contributed by atoms with Crippen molar-refractivity contribution >= 4 is 11.3 Å². The molecule has 0 bridgehead atoms. The molecule has 0 radical (unpaired) electrons. The van der Waals surface area contributed by atoms with Gasteiger partial charge in [-0.2, -0.15) is 0 Å². The quantitative estimate of drug-likeness (QED) is 0.895. The van der Waals surface area contributed by atoms with Gasteiger partial charge in [0, 0.05) is 17.3 Å². The number of nitrogens with zero attached hydrogens (tertiary/aromatic N) is 1. The molecular weight excluding hydrogens is 228 g/mol. The molecule has 0 spiro atoms. The van der Waals surface area contributed by atoms with Crippen molar-refractivity contribution in [1.29, 1.82) is 0 Å². The lowest BCUT2D eigenvalue weighted by molar-refractivity contribution is 0.681. The van der Waals surface area contributed by atoms with Crippen molar-refractivity contribution in [2.45, 2.75) is 26.3 Å². The predicted molar refractivity (Wildman–Crippen MR) is 73.6 cm³/mol. The number of aryl methyl sites for hydroxylation is 2. The van der Waals surface area contributed by atoms with Crippen LogP contribution >= 0.6 is 11.3 Å². The Hall–Kier alpha value is -1.19. The molecule has 0 aliphatic heterocycles. The van der Waals surface area contributed by atoms with Gasteiger partial charge in [-0.15, -0.1) is 11.3 Å². The summed E-state index contributed by atoms with van der Waals surface area (Å²) in [4.78, 5) is 5.59. The molecule has 0 aliphatic carbocycles. The molecule has 3 heteroatoms. The van der Waals surface area contributed by atoms with Crippen LogP contribution in [0.3, 0.4) is 0 Å². The second-order valence-electron chi connectivity index (χ2n) is 4.08. The van der Waals surface area contributed by atoms with Crippen molar-refractivity contribution in [3.8, 4) is 0 Å². The Morgan fingerprint density at radius 1 is 1.35 bits per heavy atom. The summed E-state index contributed by atoms with van der Waals surface area (Å²) >= 11 is 1.80. The highest BCUT2D eigenvalue weighted by Gasteiger charge is 2.17. The van der Waals surface area contributed by atoms with Crippen LogP contribution in [0.25, 0.3) is 0 Å². The number of hydrogen-bond acceptors (Lipinski definition) is 3. The van der Waals surface area contributed by atoms with Gasteiger partial charge in [-0.3, -0.25) is 4.98 Å². The topological polar surface area (TPSA) is 24.9 Å². The van der Waals surface area contributed by atoms with Crippen LogP contribution in [0, 0.1) is 6.92 Å². The fourth-order valence-electron chi connectivity index (χ4n) is 2.19. The van der Waals surface area contributed by atoms with Gasteiger partial charge in [0.05, 0.1) is 6.04 Å². The third-order valence-corrected chi connectivity index (χ3v) is 3.99. The lowest BCUT2D eigenvalue weighted by atomic mass is 9.95. The first-order chi connectivity index (χ1) is 8.27. The van der Waals surface area contributed by atoms with Crippen LogP contribution in [0.4, 0.5) is 0 Å². The molecular formula is C14H18N2S. The average molecular weight is 246 g/mol. The van der Waals surface area contributed by atoms with Crippen LogP contribution < -0.4 is 5.32 Å². The summed E-state index contributed by atoms with van der Waals surface area (Å²) in [6, 6.07) is 4.61. The average Bonchev–Trinajstić information content (AvgIpc) is 2.78. The summed E-state index contributed by atoms with van der Waals surface area (Å²) in [6.45, 7) is 4.35. The number of pyridine rings is 1. The highest BCUT2D eigenvalue weighted by Crippen LogP contribution is 2.29. The van der Waals surface area contributed by atoms with Gasteiger partial charge in [0.15, 0.2) is 0 Å². The summed E-state index contributed by atoms with van der Waals surface area (Å²) in [5.41, 5.74) is 4.03. The first-order valence-corrected chi connectivity index (χ1v) is 6.80. The Labute approximate surface area is 107 Å². The van der Waals surface area contributed by atoms with Gasteiger partial charge in [0.25, 0.3) is 0 Å². The predicted octanol–water partition coefficient (Wildman–Crippen LogP) is 3.32. The molecule has 2 nitrogen and oxygen atoms in total. The van der Waals surface area contributed by atoms with E-state index < -0.39 is 0 Å². The maximum absolute atomic E-state index is 4.21. The third kappa shape index (κ3) is 2.40. The van der Waals surface area contributed by atoms with Crippen molar-refractivity contribution < 1.29 is 0 Å². The molecule has 2 rings (SSSR count). The Morgan fingerprint density at radius 2 is 2.18 bits per heavy atom. The molecule has 1 atom stereocenters. The molecule has 0 aromatic carbocycles. The first kappa shape index (κ1) is 12.3. The maximum Gasteiger partial charge on any atom is 0.0588 e. The Bertz CT molecular complexity index is 490. The molecule has 0 saturated heterocycles. The molecule has 1 unspecified atom stereocenters. The first-order valence-electron chi connectivity index (χ1n) is 5.92. The second kappa shape index (κ2) is 5.43. The fourth-order valence-corrected chi connectivity index (χ4v) is 2.93. The summed E-state index contributed by atoms with van der Waals surface area (Å²) < 4.78 is 0. The number of aromatic nitrogens is 1. The molecule has 0 aliphatic rings. The van der Waals surface area contributed by atoms with Gasteiger partial charge in [0.2, 0.25) is 0 Å². The highest BCUT2D eigenvalue weighted by molar-refractivity contribution is 7.10. The Kier molecular flexibility index (Phi) is 3.92. The molecule has 2 aromatic heterocycles. The zero-order valence-electron chi connectivity index (χ0n) is 10.5. The fraction of sp³-hybridized carbons (Fsp3) is 0.357. The maximum atomic E-state index is 4.21. The number of hydrogen-bond donors (Lipinski definition) is 1. The normalized spacial score (nSPS) is 12.6. The molecule has 0 saturated carbocycles. The van der Waals surface area contributed by atoms with Crippen LogP contribution in [0.1, 0.15) is 34.5 Å². The van der Waals surface area contributed by atoms with E-state index in [1.165, 1.54) is 21.6 Å². The molecule has 17 heavy (non-hydrogen) atoms. The lowest BCUT2D eigenvalue weighted by Crippen LogP contribution is -2.19. The molecule has 0 fully saturated rings. The van der Waals surface area contributed by atoms with Gasteiger partial charge >= 0.3 is 0 Å². The highest BCUT2D eigenvalue weighted by atomic mass is 32.1. The van der Waals surface area contributed by atoms with E-state index in [1.807, 2.05) is 19.4 Å². The van der Waals surface area contributed by atoms with Crippen LogP contribution in [0.2, 0.25) is 0 Å². The molecule has 1 N–H and O–H groups in total. The molecule has 2 heterocycles. The Balaban J connectivity index is 2.46. The van der Waals surface area contributed by atoms with Crippen molar-refractivity contribution in [3.63, 3.8) is 0 Å². The standard InChI is InChI=1S/C14H18N2S/c1-4-11-9-16-7-5-13(11)14(15-3)12-6-8-17-10(12)2/h5-9,14-15H,4H2,1-3H3. The van der Waals surface area contributed by atoms with Crippen molar-refractivity contribution in [2.75, 3.05) is 7.05 Å². The van der Waals surface area contributed by atoms with Crippen LogP contribution in [0.5, 0.6) is 0 Å². The minimum absolute atomic E-state index is 0.277. The zero-order chi connectivity index (χ0) is 12.3. The van der Waals surface area contributed by atoms with E-state index in [4.69, 9.17) is 0 Å². The molecule has 0 amide bonds. The van der Waals surface area contributed by atoms with E-state index in [9.17, 15) is 0 Å². The molecule has 2 aromatic rings. The summed E-state index contributed by atoms with van der Waals surface area (Å²) in [7, 11) is 2.02. The van der Waals surface area contributed by atoms with Crippen molar-refractivity contribution in [3.05, 3.63) is 51.5 Å². The number of nitrogens with one attached hydrogen (secondary N) is 1. The van der Waals surface area contributed by atoms with Crippen LogP contribution in [0.15, 0.2) is 29.9 Å². The minimum Gasteiger partial charge on any atom is -0.309 e. The van der Waals surface area contributed by atoms with Gasteiger partial charge in [-0.05, 0) is 54.6 Å². The molecule has 90 valence electrons. The third-order valence-electron chi connectivity index (χ3n) is 3.13. The van der Waals surface area contributed by atoms with Gasteiger partial charge < -0.3 is 5.32 Å². The van der Waals surface area contributed by atoms with Gasteiger partial charge in [0.1, 0.15) is 0 Å². The minimum atomic E-state index is 0.277. The SMILES string of the molecule is CCc1cnccc1C(NC)c1ccsc1C. The monoisotopic (exact) mass is 246 g/mol. The summed E-state index contributed by atoms with van der Waals surface area (Å²) in [5.74, 6) is 0. The van der Waals surface area contributed by atoms with E-state index >= 15 is 0 Å². The van der Waals surface area contributed by atoms with Crippen LogP contribution in [-0.2, 0) is 6.42 Å². The lowest BCUT2D eigenvalue weighted by Gasteiger charge is -2.19. The summed E-state index contributed by atoms with van der Waals surface area (Å²) in [6.07, 6.45) is 4.87. The number of rotatable bonds is 4. The summed E-state index contributed by atoms with van der Waals surface area (Å²) in [5, 5.41) is 5.57. The van der Waals surface area contributed by atoms with Gasteiger partial charge in [-0.25, -0.2) is 0 Å². The Morgan fingerprint density at radius 3 is 2.76 bits per heavy atom. The van der Waals surface area contributed by atoms with E-state index in [0.717, 1.165) is 6.42 Å².